The van der Waals surface area contributed by atoms with Crippen molar-refractivity contribution in [2.24, 2.45) is 0 Å². The molecule has 1 heterocycles. The monoisotopic (exact) mass is 460 g/mol. The largest absolute Gasteiger partial charge is 0.458 e. The SMILES string of the molecule is Cc1cc(Cl)cc(C)c1NC(=O)C[P+]1(CC(=O)OCc2ccccc2)CCCCCC1. The fraction of sp³-hybridized carbons (Fsp3) is 0.440. The van der Waals surface area contributed by atoms with Gasteiger partial charge in [-0.05, 0) is 68.4 Å². The van der Waals surface area contributed by atoms with E-state index in [-0.39, 0.29) is 18.5 Å². The summed E-state index contributed by atoms with van der Waals surface area (Å²) in [6, 6.07) is 13.5. The number of anilines is 1. The summed E-state index contributed by atoms with van der Waals surface area (Å²) in [5.41, 5.74) is 3.72. The second kappa shape index (κ2) is 11.1. The van der Waals surface area contributed by atoms with Crippen molar-refractivity contribution < 1.29 is 14.3 Å². The lowest BCUT2D eigenvalue weighted by molar-refractivity contribution is -0.141. The number of halogens is 1. The van der Waals surface area contributed by atoms with Crippen molar-refractivity contribution in [1.29, 1.82) is 0 Å². The zero-order valence-corrected chi connectivity index (χ0v) is 20.1. The maximum atomic E-state index is 13.1. The lowest BCUT2D eigenvalue weighted by atomic mass is 10.1. The van der Waals surface area contributed by atoms with E-state index in [0.717, 1.165) is 47.5 Å². The van der Waals surface area contributed by atoms with Crippen molar-refractivity contribution in [2.75, 3.05) is 30.0 Å². The molecule has 1 aliphatic rings. The van der Waals surface area contributed by atoms with Gasteiger partial charge in [0, 0.05) is 18.0 Å². The lowest BCUT2D eigenvalue weighted by Crippen LogP contribution is -2.26. The van der Waals surface area contributed by atoms with E-state index in [0.29, 0.717) is 17.3 Å². The number of carbonyl (C=O) groups excluding carboxylic acids is 2. The zero-order valence-electron chi connectivity index (χ0n) is 18.5. The first-order valence-electron chi connectivity index (χ1n) is 11.0. The van der Waals surface area contributed by atoms with Gasteiger partial charge in [-0.1, -0.05) is 41.9 Å². The van der Waals surface area contributed by atoms with Gasteiger partial charge in [-0.25, -0.2) is 4.79 Å². The Labute approximate surface area is 191 Å². The van der Waals surface area contributed by atoms with Gasteiger partial charge in [-0.15, -0.1) is 0 Å². The first kappa shape index (κ1) is 23.8. The normalized spacial score (nSPS) is 15.7. The Morgan fingerprint density at radius 3 is 2.19 bits per heavy atom. The average molecular weight is 461 g/mol. The summed E-state index contributed by atoms with van der Waals surface area (Å²) >= 11 is 6.13. The van der Waals surface area contributed by atoms with Crippen LogP contribution in [0.1, 0.15) is 42.4 Å². The molecule has 0 atom stereocenters. The number of amides is 1. The minimum atomic E-state index is -1.76. The summed E-state index contributed by atoms with van der Waals surface area (Å²) in [7, 11) is -1.76. The van der Waals surface area contributed by atoms with E-state index in [1.165, 1.54) is 12.8 Å². The molecule has 1 saturated heterocycles. The highest BCUT2D eigenvalue weighted by Gasteiger charge is 2.43. The standard InChI is InChI=1S/C25H31ClNO3P/c1-19-14-22(26)15-20(2)25(19)27-23(28)17-31(12-8-3-4-9-13-31)18-24(29)30-16-21-10-6-5-7-11-21/h5-7,10-11,14-15H,3-4,8-9,12-13,16-18H2,1-2H3/p+1. The number of aryl methyl sites for hydroxylation is 2. The van der Waals surface area contributed by atoms with E-state index in [1.54, 1.807) is 0 Å². The van der Waals surface area contributed by atoms with Crippen LogP contribution in [0, 0.1) is 13.8 Å². The third-order valence-electron chi connectivity index (χ3n) is 5.96. The zero-order chi connectivity index (χ0) is 22.3. The minimum Gasteiger partial charge on any atom is -0.458 e. The van der Waals surface area contributed by atoms with Gasteiger partial charge < -0.3 is 10.1 Å². The second-order valence-corrected chi connectivity index (χ2v) is 13.3. The second-order valence-electron chi connectivity index (χ2n) is 8.63. The topological polar surface area (TPSA) is 55.4 Å². The molecule has 1 amide bonds. The molecule has 0 spiro atoms. The molecule has 4 nitrogen and oxygen atoms in total. The van der Waals surface area contributed by atoms with Crippen LogP contribution in [0.5, 0.6) is 0 Å². The number of rotatable bonds is 7. The van der Waals surface area contributed by atoms with Gasteiger partial charge in [0.05, 0.1) is 12.3 Å². The van der Waals surface area contributed by atoms with E-state index >= 15 is 0 Å². The summed E-state index contributed by atoms with van der Waals surface area (Å²) in [5.74, 6) is -0.176. The molecular weight excluding hydrogens is 429 g/mol. The molecule has 0 aromatic heterocycles. The van der Waals surface area contributed by atoms with Gasteiger partial charge in [0.1, 0.15) is 12.8 Å². The Morgan fingerprint density at radius 1 is 0.968 bits per heavy atom. The van der Waals surface area contributed by atoms with Crippen LogP contribution in [0.4, 0.5) is 5.69 Å². The molecule has 1 fully saturated rings. The fourth-order valence-electron chi connectivity index (χ4n) is 4.38. The molecule has 0 saturated carbocycles. The third-order valence-corrected chi connectivity index (χ3v) is 10.6. The van der Waals surface area contributed by atoms with Gasteiger partial charge in [-0.3, -0.25) is 4.79 Å². The molecule has 3 rings (SSSR count). The molecule has 166 valence electrons. The molecule has 0 unspecified atom stereocenters. The fourth-order valence-corrected chi connectivity index (χ4v) is 8.79. The number of ether oxygens (including phenoxy) is 1. The van der Waals surface area contributed by atoms with Gasteiger partial charge in [0.15, 0.2) is 6.16 Å². The molecule has 0 bridgehead atoms. The molecule has 1 N–H and O–H groups in total. The highest BCUT2D eigenvalue weighted by atomic mass is 35.5. The minimum absolute atomic E-state index is 0.000356. The van der Waals surface area contributed by atoms with Crippen molar-refractivity contribution in [3.8, 4) is 0 Å². The van der Waals surface area contributed by atoms with E-state index in [9.17, 15) is 9.59 Å². The number of benzene rings is 2. The molecule has 2 aromatic carbocycles. The van der Waals surface area contributed by atoms with Crippen LogP contribution in [0.25, 0.3) is 0 Å². The van der Waals surface area contributed by atoms with Crippen molar-refractivity contribution in [1.82, 2.24) is 0 Å². The van der Waals surface area contributed by atoms with Crippen LogP contribution < -0.4 is 5.32 Å². The summed E-state index contributed by atoms with van der Waals surface area (Å²) in [6.07, 6.45) is 7.34. The van der Waals surface area contributed by atoms with Crippen LogP contribution in [0.3, 0.4) is 0 Å². The van der Waals surface area contributed by atoms with Gasteiger partial charge in [-0.2, -0.15) is 0 Å². The predicted octanol–water partition coefficient (Wildman–Crippen LogP) is 6.23. The smallest absolute Gasteiger partial charge is 0.344 e. The molecule has 6 heteroatoms. The summed E-state index contributed by atoms with van der Waals surface area (Å²) in [6.45, 7) is 4.19. The third kappa shape index (κ3) is 7.05. The Bertz CT molecular complexity index is 885. The van der Waals surface area contributed by atoms with Crippen molar-refractivity contribution >= 4 is 36.4 Å². The van der Waals surface area contributed by atoms with Crippen LogP contribution in [0.2, 0.25) is 5.02 Å². The van der Waals surface area contributed by atoms with Crippen LogP contribution in [-0.2, 0) is 20.9 Å². The summed E-state index contributed by atoms with van der Waals surface area (Å²) < 4.78 is 5.59. The number of hydrogen-bond acceptors (Lipinski definition) is 3. The summed E-state index contributed by atoms with van der Waals surface area (Å²) in [4.78, 5) is 25.8. The maximum Gasteiger partial charge on any atom is 0.344 e. The van der Waals surface area contributed by atoms with E-state index < -0.39 is 7.26 Å². The summed E-state index contributed by atoms with van der Waals surface area (Å²) in [5, 5.41) is 3.78. The molecule has 31 heavy (non-hydrogen) atoms. The van der Waals surface area contributed by atoms with E-state index in [4.69, 9.17) is 16.3 Å². The van der Waals surface area contributed by atoms with E-state index in [2.05, 4.69) is 5.32 Å². The molecular formula is C25H32ClNO3P+. The van der Waals surface area contributed by atoms with Crippen LogP contribution in [-0.4, -0.2) is 36.5 Å². The maximum absolute atomic E-state index is 13.1. The highest BCUT2D eigenvalue weighted by Crippen LogP contribution is 2.61. The molecule has 0 aliphatic carbocycles. The predicted molar refractivity (Wildman–Crippen MR) is 131 cm³/mol. The molecule has 2 aromatic rings. The number of hydrogen-bond donors (Lipinski definition) is 1. The van der Waals surface area contributed by atoms with Crippen LogP contribution >= 0.6 is 18.9 Å². The Balaban J connectivity index is 1.68. The number of carbonyl (C=O) groups is 2. The Morgan fingerprint density at radius 2 is 1.58 bits per heavy atom. The highest BCUT2D eigenvalue weighted by molar-refractivity contribution is 7.77. The first-order valence-corrected chi connectivity index (χ1v) is 13.9. The molecule has 1 aliphatic heterocycles. The lowest BCUT2D eigenvalue weighted by Gasteiger charge is -2.25. The quantitative estimate of drug-likeness (QED) is 0.393. The van der Waals surface area contributed by atoms with Gasteiger partial charge >= 0.3 is 5.97 Å². The number of nitrogens with one attached hydrogen (secondary N) is 1. The van der Waals surface area contributed by atoms with Crippen molar-refractivity contribution in [3.05, 3.63) is 64.2 Å². The number of esters is 1. The van der Waals surface area contributed by atoms with Crippen molar-refractivity contribution in [2.45, 2.75) is 46.1 Å². The van der Waals surface area contributed by atoms with Crippen LogP contribution in [0.15, 0.2) is 42.5 Å². The van der Waals surface area contributed by atoms with Gasteiger partial charge in [0.2, 0.25) is 0 Å². The first-order chi connectivity index (χ1) is 14.9. The Kier molecular flexibility index (Phi) is 8.51. The van der Waals surface area contributed by atoms with Crippen molar-refractivity contribution in [3.63, 3.8) is 0 Å². The average Bonchev–Trinajstić information content (AvgIpc) is 2.95. The van der Waals surface area contributed by atoms with E-state index in [1.807, 2.05) is 56.3 Å². The molecule has 0 radical (unpaired) electrons. The Hall–Kier alpha value is -1.90. The van der Waals surface area contributed by atoms with Gasteiger partial charge in [0.25, 0.3) is 5.91 Å².